The summed E-state index contributed by atoms with van der Waals surface area (Å²) in [5, 5.41) is 9.66. The Morgan fingerprint density at radius 3 is 2.59 bits per heavy atom. The lowest BCUT2D eigenvalue weighted by Gasteiger charge is -2.31. The van der Waals surface area contributed by atoms with Crippen LogP contribution in [0.2, 0.25) is 0 Å². The van der Waals surface area contributed by atoms with Crippen molar-refractivity contribution in [2.75, 3.05) is 5.32 Å². The second-order valence-corrected chi connectivity index (χ2v) is 11.0. The molecule has 8 nitrogen and oxygen atoms in total. The molecule has 1 saturated carbocycles. The summed E-state index contributed by atoms with van der Waals surface area (Å²) in [6.07, 6.45) is 7.96. The Bertz CT molecular complexity index is 1250. The Morgan fingerprint density at radius 1 is 1.19 bits per heavy atom. The van der Waals surface area contributed by atoms with Crippen molar-refractivity contribution in [1.29, 1.82) is 0 Å². The van der Waals surface area contributed by atoms with Crippen molar-refractivity contribution < 1.29 is 9.59 Å². The van der Waals surface area contributed by atoms with Crippen LogP contribution in [0, 0.1) is 5.41 Å². The van der Waals surface area contributed by atoms with Gasteiger partial charge in [-0.1, -0.05) is 33.4 Å². The lowest BCUT2D eigenvalue weighted by Crippen LogP contribution is -2.37. The second kappa shape index (κ2) is 11.3. The third kappa shape index (κ3) is 6.43. The maximum atomic E-state index is 13.0. The van der Waals surface area contributed by atoms with Gasteiger partial charge in [0.25, 0.3) is 5.91 Å². The molecule has 37 heavy (non-hydrogen) atoms. The highest BCUT2D eigenvalue weighted by Crippen LogP contribution is 2.35. The normalized spacial score (nSPS) is 18.8. The minimum atomic E-state index is -0.238. The Hall–Kier alpha value is -3.52. The monoisotopic (exact) mass is 502 g/mol. The summed E-state index contributed by atoms with van der Waals surface area (Å²) in [6, 6.07) is 10.5. The molecule has 3 aromatic rings. The molecule has 8 heteroatoms. The number of aromatic nitrogens is 3. The number of carbonyl (C=O) groups excluding carboxylic acids is 2. The van der Waals surface area contributed by atoms with Crippen LogP contribution in [0.25, 0.3) is 11.0 Å². The molecule has 0 radical (unpaired) electrons. The number of nitrogens with zero attached hydrogens (tertiary/aromatic N) is 3. The highest BCUT2D eigenvalue weighted by atomic mass is 16.2. The van der Waals surface area contributed by atoms with E-state index < -0.39 is 0 Å². The van der Waals surface area contributed by atoms with Crippen LogP contribution in [-0.4, -0.2) is 38.4 Å². The Kier molecular flexibility index (Phi) is 8.07. The van der Waals surface area contributed by atoms with Crippen molar-refractivity contribution in [3.8, 4) is 0 Å². The molecule has 4 rings (SSSR count). The van der Waals surface area contributed by atoms with E-state index in [1.165, 1.54) is 6.08 Å². The van der Waals surface area contributed by atoms with Crippen molar-refractivity contribution >= 4 is 28.8 Å². The van der Waals surface area contributed by atoms with Gasteiger partial charge < -0.3 is 15.2 Å². The van der Waals surface area contributed by atoms with E-state index in [4.69, 9.17) is 4.98 Å². The van der Waals surface area contributed by atoms with Gasteiger partial charge in [0.05, 0.1) is 16.6 Å². The number of carbonyl (C=O) groups is 2. The number of anilines is 1. The third-order valence-corrected chi connectivity index (χ3v) is 7.41. The lowest BCUT2D eigenvalue weighted by atomic mass is 9.88. The molecule has 1 aromatic carbocycles. The van der Waals surface area contributed by atoms with Gasteiger partial charge in [0.1, 0.15) is 0 Å². The summed E-state index contributed by atoms with van der Waals surface area (Å²) in [5.41, 5.74) is 3.64. The fourth-order valence-electron chi connectivity index (χ4n) is 4.70. The molecule has 2 amide bonds. The molecular weight excluding hydrogens is 464 g/mol. The van der Waals surface area contributed by atoms with E-state index in [9.17, 15) is 9.59 Å². The molecule has 1 aliphatic carbocycles. The fourth-order valence-corrected chi connectivity index (χ4v) is 4.70. The Labute approximate surface area is 219 Å². The Balaban J connectivity index is 1.60. The van der Waals surface area contributed by atoms with Crippen LogP contribution in [0.4, 0.5) is 5.95 Å². The maximum Gasteiger partial charge on any atom is 0.259 e. The molecule has 0 bridgehead atoms. The van der Waals surface area contributed by atoms with Crippen molar-refractivity contribution in [2.45, 2.75) is 78.0 Å². The van der Waals surface area contributed by atoms with E-state index in [0.717, 1.165) is 48.8 Å². The number of amides is 2. The minimum absolute atomic E-state index is 0.132. The van der Waals surface area contributed by atoms with Crippen molar-refractivity contribution in [3.63, 3.8) is 0 Å². The maximum absolute atomic E-state index is 13.0. The molecular formula is C29H38N6O2. The van der Waals surface area contributed by atoms with Crippen molar-refractivity contribution in [2.24, 2.45) is 5.41 Å². The molecule has 1 atom stereocenters. The van der Waals surface area contributed by atoms with E-state index in [-0.39, 0.29) is 29.3 Å². The van der Waals surface area contributed by atoms with Gasteiger partial charge in [-0.2, -0.15) is 0 Å². The average Bonchev–Trinajstić information content (AvgIpc) is 3.24. The quantitative estimate of drug-likeness (QED) is 0.377. The molecule has 2 heterocycles. The van der Waals surface area contributed by atoms with Gasteiger partial charge in [0, 0.05) is 37.1 Å². The highest BCUT2D eigenvalue weighted by molar-refractivity contribution is 6.04. The van der Waals surface area contributed by atoms with Crippen LogP contribution in [0.5, 0.6) is 0 Å². The van der Waals surface area contributed by atoms with E-state index in [1.807, 2.05) is 0 Å². The van der Waals surface area contributed by atoms with Gasteiger partial charge in [-0.3, -0.25) is 19.9 Å². The molecule has 2 aromatic heterocycles. The van der Waals surface area contributed by atoms with Crippen molar-refractivity contribution in [1.82, 2.24) is 25.2 Å². The van der Waals surface area contributed by atoms with Gasteiger partial charge in [-0.25, -0.2) is 4.98 Å². The van der Waals surface area contributed by atoms with E-state index in [1.54, 1.807) is 24.5 Å². The summed E-state index contributed by atoms with van der Waals surface area (Å²) >= 11 is 0. The lowest BCUT2D eigenvalue weighted by molar-refractivity contribution is -0.117. The Morgan fingerprint density at radius 2 is 1.95 bits per heavy atom. The predicted octanol–water partition coefficient (Wildman–Crippen LogP) is 4.99. The molecule has 1 fully saturated rings. The highest BCUT2D eigenvalue weighted by Gasteiger charge is 2.27. The summed E-state index contributed by atoms with van der Waals surface area (Å²) in [7, 11) is 0. The first-order valence-electron chi connectivity index (χ1n) is 13.0. The number of nitrogens with one attached hydrogen (secondary N) is 3. The van der Waals surface area contributed by atoms with Gasteiger partial charge in [0.15, 0.2) is 0 Å². The molecule has 1 aliphatic rings. The first-order valence-corrected chi connectivity index (χ1v) is 13.0. The second-order valence-electron chi connectivity index (χ2n) is 11.0. The standard InChI is InChI=1S/C29H38N6O2/c1-6-26(36)32-22-10-12-23(13-11-22)35-25-14-9-20(17-31-19(2)29(3,4)5)16-24(25)33-28(35)34-27(37)21-8-7-15-30-18-21/h6-9,14-16,18-19,22-23,31H,1,10-13,17H2,2-5H3,(H,32,36)(H,33,34,37)/t19-,22?,23?/m0/s1. The molecule has 3 N–H and O–H groups in total. The topological polar surface area (TPSA) is 101 Å². The smallest absolute Gasteiger partial charge is 0.259 e. The van der Waals surface area contributed by atoms with E-state index in [2.05, 4.69) is 78.0 Å². The third-order valence-electron chi connectivity index (χ3n) is 7.41. The number of hydrogen-bond acceptors (Lipinski definition) is 5. The zero-order chi connectivity index (χ0) is 26.6. The molecule has 196 valence electrons. The number of rotatable bonds is 8. The number of fused-ring (bicyclic) bond motifs is 1. The first kappa shape index (κ1) is 26.5. The van der Waals surface area contributed by atoms with Gasteiger partial charge >= 0.3 is 0 Å². The minimum Gasteiger partial charge on any atom is -0.350 e. The van der Waals surface area contributed by atoms with Crippen LogP contribution >= 0.6 is 0 Å². The van der Waals surface area contributed by atoms with Gasteiger partial charge in [0.2, 0.25) is 11.9 Å². The number of pyridine rings is 1. The summed E-state index contributed by atoms with van der Waals surface area (Å²) < 4.78 is 2.16. The first-order chi connectivity index (χ1) is 17.7. The number of imidazole rings is 1. The summed E-state index contributed by atoms with van der Waals surface area (Å²) in [6.45, 7) is 13.2. The predicted molar refractivity (Wildman–Crippen MR) is 147 cm³/mol. The molecule has 0 aliphatic heterocycles. The van der Waals surface area contributed by atoms with Crippen LogP contribution in [-0.2, 0) is 11.3 Å². The molecule has 0 saturated heterocycles. The zero-order valence-electron chi connectivity index (χ0n) is 22.3. The van der Waals surface area contributed by atoms with Crippen LogP contribution < -0.4 is 16.0 Å². The van der Waals surface area contributed by atoms with E-state index in [0.29, 0.717) is 17.6 Å². The van der Waals surface area contributed by atoms with Gasteiger partial charge in [-0.05, 0) is 73.9 Å². The number of hydrogen-bond donors (Lipinski definition) is 3. The largest absolute Gasteiger partial charge is 0.350 e. The van der Waals surface area contributed by atoms with Gasteiger partial charge in [-0.15, -0.1) is 0 Å². The summed E-state index contributed by atoms with van der Waals surface area (Å²) in [4.78, 5) is 33.7. The fraction of sp³-hybridized carbons (Fsp3) is 0.448. The summed E-state index contributed by atoms with van der Waals surface area (Å²) in [5.74, 6) is 0.163. The van der Waals surface area contributed by atoms with Crippen LogP contribution in [0.15, 0.2) is 55.4 Å². The number of benzene rings is 1. The van der Waals surface area contributed by atoms with E-state index >= 15 is 0 Å². The zero-order valence-corrected chi connectivity index (χ0v) is 22.3. The molecule has 0 unspecified atom stereocenters. The SMILES string of the molecule is C=CC(=O)NC1CCC(n2c(NC(=O)c3cccnc3)nc3cc(CN[C@@H](C)C(C)(C)C)ccc32)CC1. The average molecular weight is 503 g/mol. The van der Waals surface area contributed by atoms with Crippen LogP contribution in [0.1, 0.15) is 75.3 Å². The van der Waals surface area contributed by atoms with Crippen molar-refractivity contribution in [3.05, 3.63) is 66.5 Å². The molecule has 0 spiro atoms. The van der Waals surface area contributed by atoms with Crippen LogP contribution in [0.3, 0.4) is 0 Å².